The molecule has 0 aliphatic rings. The molecule has 0 aliphatic heterocycles. The summed E-state index contributed by atoms with van der Waals surface area (Å²) in [7, 11) is -4.16. The van der Waals surface area contributed by atoms with Gasteiger partial charge in [-0.05, 0) is 18.2 Å². The fourth-order valence-electron chi connectivity index (χ4n) is 0.842. The van der Waals surface area contributed by atoms with Crippen molar-refractivity contribution in [1.29, 1.82) is 0 Å². The Morgan fingerprint density at radius 1 is 1.23 bits per heavy atom. The van der Waals surface area contributed by atoms with Crippen molar-refractivity contribution >= 4 is 21.4 Å². The summed E-state index contributed by atoms with van der Waals surface area (Å²) in [5, 5.41) is 0. The van der Waals surface area contributed by atoms with Crippen LogP contribution in [0.2, 0.25) is 0 Å². The van der Waals surface area contributed by atoms with Gasteiger partial charge in [0.25, 0.3) is 0 Å². The Kier molecular flexibility index (Phi) is 2.20. The Bertz CT molecular complexity index is 440. The predicted molar refractivity (Wildman–Crippen MR) is 48.2 cm³/mol. The summed E-state index contributed by atoms with van der Waals surface area (Å²) in [4.78, 5) is 9.62. The van der Waals surface area contributed by atoms with Crippen molar-refractivity contribution in [3.8, 4) is 0 Å². The van der Waals surface area contributed by atoms with Crippen molar-refractivity contribution < 1.29 is 8.42 Å². The molecule has 6 nitrogen and oxygen atoms in total. The molecule has 0 heterocycles. The maximum Gasteiger partial charge on any atom is 0.318 e. The molecule has 7 heteroatoms. The molecule has 1 aromatic rings. The van der Waals surface area contributed by atoms with Crippen LogP contribution >= 0.6 is 0 Å². The molecular weight excluding hydrogens is 194 g/mol. The number of nitrogens with zero attached hydrogens (tertiary/aromatic N) is 1. The second kappa shape index (κ2) is 3.02. The first-order chi connectivity index (χ1) is 5.97. The topological polar surface area (TPSA) is 116 Å². The lowest BCUT2D eigenvalue weighted by Crippen LogP contribution is -2.01. The Hall–Kier alpha value is -1.63. The van der Waals surface area contributed by atoms with E-state index < -0.39 is 10.0 Å². The van der Waals surface area contributed by atoms with Crippen LogP contribution in [0.1, 0.15) is 0 Å². The quantitative estimate of drug-likeness (QED) is 0.527. The van der Waals surface area contributed by atoms with Crippen molar-refractivity contribution in [2.75, 3.05) is 11.5 Å². The predicted octanol–water partition coefficient (Wildman–Crippen LogP) is 0.306. The number of hydrogen-bond donors (Lipinski definition) is 2. The van der Waals surface area contributed by atoms with Crippen molar-refractivity contribution in [2.45, 2.75) is 4.90 Å². The van der Waals surface area contributed by atoms with E-state index in [0.717, 1.165) is 6.07 Å². The largest absolute Gasteiger partial charge is 0.399 e. The Morgan fingerprint density at radius 2 is 1.85 bits per heavy atom. The minimum Gasteiger partial charge on any atom is -0.399 e. The van der Waals surface area contributed by atoms with E-state index in [2.05, 4.69) is 0 Å². The summed E-state index contributed by atoms with van der Waals surface area (Å²) in [5.74, 6) is 0. The van der Waals surface area contributed by atoms with Gasteiger partial charge in [0.05, 0.1) is 10.3 Å². The summed E-state index contributed by atoms with van der Waals surface area (Å²) in [6.45, 7) is 0. The van der Waals surface area contributed by atoms with E-state index >= 15 is 0 Å². The normalized spacial score (nSPS) is 11.1. The molecule has 0 saturated carbocycles. The number of rotatable bonds is 2. The highest BCUT2D eigenvalue weighted by molar-refractivity contribution is 7.90. The van der Waals surface area contributed by atoms with Gasteiger partial charge in [0.1, 0.15) is 4.90 Å². The highest BCUT2D eigenvalue weighted by Gasteiger charge is 2.17. The average Bonchev–Trinajstić information content (AvgIpc) is 2.03. The molecular formula is C6H7N3O3S. The van der Waals surface area contributed by atoms with Gasteiger partial charge in [0.2, 0.25) is 0 Å². The van der Waals surface area contributed by atoms with Crippen LogP contribution < -0.4 is 11.5 Å². The van der Waals surface area contributed by atoms with Crippen molar-refractivity contribution in [3.63, 3.8) is 0 Å². The Labute approximate surface area is 74.6 Å². The van der Waals surface area contributed by atoms with Crippen LogP contribution in [0, 0.1) is 4.91 Å². The molecule has 1 rings (SSSR count). The summed E-state index contributed by atoms with van der Waals surface area (Å²) in [5.41, 5.74) is 10.9. The zero-order chi connectivity index (χ0) is 10.1. The van der Waals surface area contributed by atoms with Gasteiger partial charge >= 0.3 is 10.0 Å². The second-order valence-electron chi connectivity index (χ2n) is 2.35. The SMILES string of the molecule is Nc1ccc(S(=O)(=O)N=O)c(N)c1. The lowest BCUT2D eigenvalue weighted by molar-refractivity contribution is 0.598. The Morgan fingerprint density at radius 3 is 2.31 bits per heavy atom. The molecule has 0 saturated heterocycles. The fourth-order valence-corrected chi connectivity index (χ4v) is 1.52. The van der Waals surface area contributed by atoms with Gasteiger partial charge in [-0.15, -0.1) is 4.91 Å². The molecule has 0 bridgehead atoms. The maximum atomic E-state index is 10.9. The number of anilines is 2. The number of nitroso groups, excluding NO2 is 1. The second-order valence-corrected chi connectivity index (χ2v) is 3.89. The molecule has 0 spiro atoms. The zero-order valence-corrected chi connectivity index (χ0v) is 7.28. The first-order valence-corrected chi connectivity index (χ1v) is 4.66. The van der Waals surface area contributed by atoms with Gasteiger partial charge < -0.3 is 11.5 Å². The molecule has 0 aliphatic carbocycles. The third-order valence-corrected chi connectivity index (χ3v) is 2.53. The van der Waals surface area contributed by atoms with E-state index in [4.69, 9.17) is 11.5 Å². The number of benzene rings is 1. The molecule has 0 radical (unpaired) electrons. The highest BCUT2D eigenvalue weighted by atomic mass is 32.2. The van der Waals surface area contributed by atoms with Gasteiger partial charge in [-0.3, -0.25) is 0 Å². The molecule has 0 aromatic heterocycles. The van der Waals surface area contributed by atoms with Crippen molar-refractivity contribution in [2.24, 2.45) is 4.58 Å². The van der Waals surface area contributed by atoms with E-state index in [1.165, 1.54) is 12.1 Å². The smallest absolute Gasteiger partial charge is 0.318 e. The summed E-state index contributed by atoms with van der Waals surface area (Å²) < 4.78 is 23.8. The number of sulfonamides is 1. The van der Waals surface area contributed by atoms with Crippen LogP contribution in [-0.4, -0.2) is 8.42 Å². The van der Waals surface area contributed by atoms with Crippen LogP contribution in [0.4, 0.5) is 11.4 Å². The van der Waals surface area contributed by atoms with Crippen molar-refractivity contribution in [1.82, 2.24) is 0 Å². The molecule has 0 unspecified atom stereocenters. The first kappa shape index (κ1) is 9.46. The molecule has 70 valence electrons. The fraction of sp³-hybridized carbons (Fsp3) is 0. The number of hydrogen-bond acceptors (Lipinski definition) is 5. The van der Waals surface area contributed by atoms with Gasteiger partial charge in [-0.25, -0.2) is 0 Å². The Balaban J connectivity index is 3.41. The van der Waals surface area contributed by atoms with Crippen LogP contribution in [0.5, 0.6) is 0 Å². The molecule has 0 fully saturated rings. The minimum atomic E-state index is -4.16. The lowest BCUT2D eigenvalue weighted by atomic mass is 10.3. The monoisotopic (exact) mass is 201 g/mol. The molecule has 4 N–H and O–H groups in total. The van der Waals surface area contributed by atoms with E-state index in [9.17, 15) is 13.3 Å². The van der Waals surface area contributed by atoms with Gasteiger partial charge in [-0.2, -0.15) is 8.42 Å². The van der Waals surface area contributed by atoms with Gasteiger partial charge in [-0.1, -0.05) is 0 Å². The lowest BCUT2D eigenvalue weighted by Gasteiger charge is -2.01. The average molecular weight is 201 g/mol. The molecule has 1 aromatic carbocycles. The maximum absolute atomic E-state index is 10.9. The molecule has 0 amide bonds. The van der Waals surface area contributed by atoms with Gasteiger partial charge in [0, 0.05) is 5.69 Å². The van der Waals surface area contributed by atoms with Crippen LogP contribution in [0.3, 0.4) is 0 Å². The van der Waals surface area contributed by atoms with Crippen LogP contribution in [0.25, 0.3) is 0 Å². The summed E-state index contributed by atoms with van der Waals surface area (Å²) in [6.07, 6.45) is 0. The highest BCUT2D eigenvalue weighted by Crippen LogP contribution is 2.22. The molecule has 13 heavy (non-hydrogen) atoms. The standard InChI is InChI=1S/C6H7N3O3S/c7-4-1-2-6(5(8)3-4)13(11,12)9-10/h1-3H,7-8H2. The minimum absolute atomic E-state index is 0.0837. The summed E-state index contributed by atoms with van der Waals surface area (Å²) >= 11 is 0. The van der Waals surface area contributed by atoms with Crippen molar-refractivity contribution in [3.05, 3.63) is 23.1 Å². The third kappa shape index (κ3) is 1.75. The van der Waals surface area contributed by atoms with Crippen LogP contribution in [0.15, 0.2) is 27.7 Å². The number of nitrogen functional groups attached to an aromatic ring is 2. The van der Waals surface area contributed by atoms with E-state index in [0.29, 0.717) is 5.69 Å². The van der Waals surface area contributed by atoms with E-state index in [1.807, 2.05) is 4.58 Å². The van der Waals surface area contributed by atoms with Gasteiger partial charge in [0.15, 0.2) is 0 Å². The van der Waals surface area contributed by atoms with E-state index in [1.54, 1.807) is 0 Å². The number of nitrogens with two attached hydrogens (primary N) is 2. The van der Waals surface area contributed by atoms with E-state index in [-0.39, 0.29) is 10.6 Å². The van der Waals surface area contributed by atoms with Crippen LogP contribution in [-0.2, 0) is 10.0 Å². The third-order valence-electron chi connectivity index (χ3n) is 1.41. The zero-order valence-electron chi connectivity index (χ0n) is 6.47. The summed E-state index contributed by atoms with van der Waals surface area (Å²) in [6, 6.07) is 3.72. The first-order valence-electron chi connectivity index (χ1n) is 3.22. The molecule has 0 atom stereocenters.